The minimum absolute atomic E-state index is 0.0785. The Bertz CT molecular complexity index is 469. The molecule has 1 aromatic rings. The van der Waals surface area contributed by atoms with Crippen LogP contribution >= 0.6 is 0 Å². The van der Waals surface area contributed by atoms with Crippen LogP contribution in [0.2, 0.25) is 0 Å². The predicted octanol–water partition coefficient (Wildman–Crippen LogP) is -0.126. The number of carbonyl (C=O) groups is 3. The largest absolute Gasteiger partial charge is 0.346 e. The van der Waals surface area contributed by atoms with E-state index in [1.807, 2.05) is 0 Å². The second kappa shape index (κ2) is 6.95. The molecule has 0 bridgehead atoms. The van der Waals surface area contributed by atoms with Crippen LogP contribution in [0, 0.1) is 0 Å². The minimum Gasteiger partial charge on any atom is -0.346 e. The normalized spacial score (nSPS) is 10.6. The standard InChI is InChI=1S/C12H13N3O3/c1-9(17)15-11(8-12(18)14-6-7-16)10-4-2-3-5-13-10/h2-5,7-8H,6H2,1H3,(H,14,18)(H,15,17). The molecule has 6 heteroatoms. The van der Waals surface area contributed by atoms with Gasteiger partial charge < -0.3 is 15.4 Å². The molecule has 1 aromatic heterocycles. The zero-order valence-electron chi connectivity index (χ0n) is 9.84. The first-order valence-corrected chi connectivity index (χ1v) is 5.25. The van der Waals surface area contributed by atoms with Gasteiger partial charge in [-0.3, -0.25) is 14.6 Å². The summed E-state index contributed by atoms with van der Waals surface area (Å²) in [6, 6.07) is 5.12. The van der Waals surface area contributed by atoms with Gasteiger partial charge in [0, 0.05) is 19.2 Å². The van der Waals surface area contributed by atoms with E-state index < -0.39 is 5.91 Å². The summed E-state index contributed by atoms with van der Waals surface area (Å²) < 4.78 is 0. The van der Waals surface area contributed by atoms with Crippen LogP contribution in [0.3, 0.4) is 0 Å². The van der Waals surface area contributed by atoms with Gasteiger partial charge in [0.05, 0.1) is 17.9 Å². The average molecular weight is 247 g/mol. The highest BCUT2D eigenvalue weighted by atomic mass is 16.2. The summed E-state index contributed by atoms with van der Waals surface area (Å²) in [4.78, 5) is 36.7. The number of aldehydes is 1. The Morgan fingerprint density at radius 3 is 2.72 bits per heavy atom. The van der Waals surface area contributed by atoms with Crippen molar-refractivity contribution in [2.75, 3.05) is 6.54 Å². The maximum absolute atomic E-state index is 11.4. The van der Waals surface area contributed by atoms with Gasteiger partial charge in [-0.15, -0.1) is 0 Å². The molecule has 6 nitrogen and oxygen atoms in total. The van der Waals surface area contributed by atoms with Crippen molar-refractivity contribution in [2.24, 2.45) is 0 Å². The summed E-state index contributed by atoms with van der Waals surface area (Å²) >= 11 is 0. The molecule has 18 heavy (non-hydrogen) atoms. The summed E-state index contributed by atoms with van der Waals surface area (Å²) in [5, 5.41) is 4.86. The van der Waals surface area contributed by atoms with Gasteiger partial charge in [0.2, 0.25) is 11.8 Å². The van der Waals surface area contributed by atoms with Gasteiger partial charge in [0.15, 0.2) is 0 Å². The number of amides is 2. The maximum atomic E-state index is 11.4. The van der Waals surface area contributed by atoms with Crippen LogP contribution in [0.15, 0.2) is 30.5 Å². The second-order valence-corrected chi connectivity index (χ2v) is 3.37. The van der Waals surface area contributed by atoms with E-state index in [2.05, 4.69) is 15.6 Å². The molecule has 1 rings (SSSR count). The van der Waals surface area contributed by atoms with Crippen LogP contribution in [0.5, 0.6) is 0 Å². The van der Waals surface area contributed by atoms with E-state index in [1.54, 1.807) is 24.4 Å². The van der Waals surface area contributed by atoms with E-state index >= 15 is 0 Å². The van der Waals surface area contributed by atoms with Crippen LogP contribution < -0.4 is 10.6 Å². The topological polar surface area (TPSA) is 88.2 Å². The van der Waals surface area contributed by atoms with Gasteiger partial charge in [-0.2, -0.15) is 0 Å². The van der Waals surface area contributed by atoms with Crippen molar-refractivity contribution < 1.29 is 14.4 Å². The van der Waals surface area contributed by atoms with Crippen molar-refractivity contribution in [3.05, 3.63) is 36.2 Å². The summed E-state index contributed by atoms with van der Waals surface area (Å²) in [5.74, 6) is -0.786. The number of hydrogen-bond acceptors (Lipinski definition) is 4. The number of carbonyl (C=O) groups excluding carboxylic acids is 3. The number of hydrogen-bond donors (Lipinski definition) is 2. The zero-order chi connectivity index (χ0) is 13.4. The molecule has 0 aromatic carbocycles. The fourth-order valence-electron chi connectivity index (χ4n) is 1.21. The number of rotatable bonds is 5. The van der Waals surface area contributed by atoms with Crippen molar-refractivity contribution >= 4 is 23.8 Å². The molecule has 0 fully saturated rings. The van der Waals surface area contributed by atoms with Crippen LogP contribution in [0.1, 0.15) is 12.6 Å². The third-order valence-electron chi connectivity index (χ3n) is 1.89. The molecule has 0 atom stereocenters. The van der Waals surface area contributed by atoms with Gasteiger partial charge in [0.1, 0.15) is 6.29 Å². The Hall–Kier alpha value is -2.50. The van der Waals surface area contributed by atoms with E-state index in [0.29, 0.717) is 12.0 Å². The van der Waals surface area contributed by atoms with Crippen LogP contribution in [0.4, 0.5) is 0 Å². The molecule has 0 aliphatic carbocycles. The molecule has 0 spiro atoms. The number of nitrogens with zero attached hydrogens (tertiary/aromatic N) is 1. The highest BCUT2D eigenvalue weighted by molar-refractivity contribution is 5.98. The van der Waals surface area contributed by atoms with Gasteiger partial charge in [-0.1, -0.05) is 6.07 Å². The molecular weight excluding hydrogens is 234 g/mol. The molecule has 1 heterocycles. The lowest BCUT2D eigenvalue weighted by Crippen LogP contribution is -2.26. The fraction of sp³-hybridized carbons (Fsp3) is 0.167. The van der Waals surface area contributed by atoms with E-state index in [-0.39, 0.29) is 18.1 Å². The summed E-state index contributed by atoms with van der Waals surface area (Å²) in [5.41, 5.74) is 0.750. The summed E-state index contributed by atoms with van der Waals surface area (Å²) in [6.07, 6.45) is 3.31. The Morgan fingerprint density at radius 1 is 1.39 bits per heavy atom. The van der Waals surface area contributed by atoms with E-state index in [1.165, 1.54) is 13.0 Å². The molecule has 0 aliphatic rings. The molecule has 0 radical (unpaired) electrons. The van der Waals surface area contributed by atoms with Crippen molar-refractivity contribution in [3.63, 3.8) is 0 Å². The molecular formula is C12H13N3O3. The van der Waals surface area contributed by atoms with Gasteiger partial charge in [-0.05, 0) is 12.1 Å². The molecule has 0 unspecified atom stereocenters. The van der Waals surface area contributed by atoms with E-state index in [4.69, 9.17) is 0 Å². The number of pyridine rings is 1. The first kappa shape index (κ1) is 13.6. The van der Waals surface area contributed by atoms with Crippen LogP contribution in [0.25, 0.3) is 5.70 Å². The molecule has 2 amide bonds. The number of aromatic nitrogens is 1. The first-order valence-electron chi connectivity index (χ1n) is 5.25. The van der Waals surface area contributed by atoms with Crippen molar-refractivity contribution in [2.45, 2.75) is 6.92 Å². The summed E-state index contributed by atoms with van der Waals surface area (Å²) in [7, 11) is 0. The van der Waals surface area contributed by atoms with Gasteiger partial charge in [-0.25, -0.2) is 0 Å². The smallest absolute Gasteiger partial charge is 0.246 e. The lowest BCUT2D eigenvalue weighted by atomic mass is 10.2. The summed E-state index contributed by atoms with van der Waals surface area (Å²) in [6.45, 7) is 1.25. The van der Waals surface area contributed by atoms with Crippen LogP contribution in [-0.4, -0.2) is 29.6 Å². The zero-order valence-corrected chi connectivity index (χ0v) is 9.84. The van der Waals surface area contributed by atoms with Gasteiger partial charge in [0.25, 0.3) is 0 Å². The minimum atomic E-state index is -0.475. The molecule has 0 saturated heterocycles. The quantitative estimate of drug-likeness (QED) is 0.560. The van der Waals surface area contributed by atoms with Crippen LogP contribution in [-0.2, 0) is 14.4 Å². The Morgan fingerprint density at radius 2 is 2.17 bits per heavy atom. The Kier molecular flexibility index (Phi) is 5.24. The molecule has 0 aliphatic heterocycles. The van der Waals surface area contributed by atoms with Gasteiger partial charge >= 0.3 is 0 Å². The number of nitrogens with one attached hydrogen (secondary N) is 2. The highest BCUT2D eigenvalue weighted by Gasteiger charge is 2.07. The molecule has 2 N–H and O–H groups in total. The molecule has 0 saturated carbocycles. The second-order valence-electron chi connectivity index (χ2n) is 3.37. The third-order valence-corrected chi connectivity index (χ3v) is 1.89. The maximum Gasteiger partial charge on any atom is 0.246 e. The van der Waals surface area contributed by atoms with Crippen molar-refractivity contribution in [1.82, 2.24) is 15.6 Å². The predicted molar refractivity (Wildman–Crippen MR) is 65.1 cm³/mol. The lowest BCUT2D eigenvalue weighted by Gasteiger charge is -2.07. The van der Waals surface area contributed by atoms with E-state index in [0.717, 1.165) is 0 Å². The SMILES string of the molecule is CC(=O)NC(=CC(=O)NCC=O)c1ccccn1. The van der Waals surface area contributed by atoms with Crippen molar-refractivity contribution in [3.8, 4) is 0 Å². The molecule has 94 valence electrons. The van der Waals surface area contributed by atoms with E-state index in [9.17, 15) is 14.4 Å². The Balaban J connectivity index is 2.91. The lowest BCUT2D eigenvalue weighted by molar-refractivity contribution is -0.118. The monoisotopic (exact) mass is 247 g/mol. The first-order chi connectivity index (χ1) is 8.63. The Labute approximate surface area is 104 Å². The van der Waals surface area contributed by atoms with Crippen molar-refractivity contribution in [1.29, 1.82) is 0 Å². The fourth-order valence-corrected chi connectivity index (χ4v) is 1.21. The highest BCUT2D eigenvalue weighted by Crippen LogP contribution is 2.07. The average Bonchev–Trinajstić information content (AvgIpc) is 2.36. The third kappa shape index (κ3) is 4.56.